The molecule has 0 N–H and O–H groups in total. The minimum Gasteiger partial charge on any atom is -0.454 e. The first-order valence-electron chi connectivity index (χ1n) is 24.5. The molecule has 8 aromatic carbocycles. The number of para-hydroxylation sites is 1. The van der Waals surface area contributed by atoms with E-state index in [-0.39, 0.29) is 23.0 Å². The van der Waals surface area contributed by atoms with Crippen LogP contribution in [0.4, 0.5) is 34.1 Å². The van der Waals surface area contributed by atoms with Crippen LogP contribution < -0.4 is 26.2 Å². The summed E-state index contributed by atoms with van der Waals surface area (Å²) < 4.78 is 12.1. The van der Waals surface area contributed by atoms with Gasteiger partial charge in [-0.15, -0.1) is 11.3 Å². The molecular weight excluding hydrogens is 858 g/mol. The molecule has 0 bridgehead atoms. The molecule has 338 valence electrons. The Morgan fingerprint density at radius 1 is 0.478 bits per heavy atom. The van der Waals surface area contributed by atoms with E-state index in [0.717, 1.165) is 39.1 Å². The summed E-state index contributed by atoms with van der Waals surface area (Å²) in [5, 5.41) is 4.89. The second-order valence-electron chi connectivity index (χ2n) is 22.7. The van der Waals surface area contributed by atoms with Crippen LogP contribution in [-0.4, -0.2) is 11.3 Å². The quantitative estimate of drug-likeness (QED) is 0.164. The predicted molar refractivity (Wildman–Crippen MR) is 298 cm³/mol. The van der Waals surface area contributed by atoms with Gasteiger partial charge < -0.3 is 18.8 Å². The van der Waals surface area contributed by atoms with Crippen LogP contribution in [0.15, 0.2) is 162 Å². The minimum absolute atomic E-state index is 0.0342. The van der Waals surface area contributed by atoms with Crippen LogP contribution in [0, 0.1) is 6.92 Å². The van der Waals surface area contributed by atoms with Crippen LogP contribution >= 0.6 is 11.3 Å². The number of nitrogens with zero attached hydrogens (tertiary/aromatic N) is 3. The molecule has 0 aliphatic carbocycles. The number of thiophene rings is 1. The van der Waals surface area contributed by atoms with E-state index in [1.165, 1.54) is 92.5 Å². The number of aromatic nitrogens is 1. The van der Waals surface area contributed by atoms with Crippen molar-refractivity contribution in [3.8, 4) is 5.69 Å². The molecule has 5 heterocycles. The number of aryl methyl sites for hydroxylation is 1. The third-order valence-corrected chi connectivity index (χ3v) is 16.2. The van der Waals surface area contributed by atoms with E-state index in [1.807, 2.05) is 11.3 Å². The van der Waals surface area contributed by atoms with Crippen LogP contribution in [0.3, 0.4) is 0 Å². The Morgan fingerprint density at radius 3 is 1.77 bits per heavy atom. The van der Waals surface area contributed by atoms with Crippen LogP contribution in [0.5, 0.6) is 0 Å². The van der Waals surface area contributed by atoms with Crippen molar-refractivity contribution in [1.29, 1.82) is 0 Å². The van der Waals surface area contributed by atoms with Crippen LogP contribution in [-0.2, 0) is 16.2 Å². The van der Waals surface area contributed by atoms with Gasteiger partial charge in [0.05, 0.1) is 11.2 Å². The molecule has 0 radical (unpaired) electrons. The van der Waals surface area contributed by atoms with Gasteiger partial charge in [-0.2, -0.15) is 0 Å². The van der Waals surface area contributed by atoms with Crippen molar-refractivity contribution in [2.24, 2.45) is 0 Å². The zero-order chi connectivity index (χ0) is 47.5. The second kappa shape index (κ2) is 14.5. The van der Waals surface area contributed by atoms with E-state index in [4.69, 9.17) is 4.42 Å². The largest absolute Gasteiger partial charge is 0.454 e. The monoisotopic (exact) mass is 913 g/mol. The highest BCUT2D eigenvalue weighted by Crippen LogP contribution is 2.50. The van der Waals surface area contributed by atoms with Crippen LogP contribution in [0.25, 0.3) is 58.8 Å². The first-order chi connectivity index (χ1) is 33.0. The van der Waals surface area contributed by atoms with Gasteiger partial charge >= 0.3 is 0 Å². The average Bonchev–Trinajstić information content (AvgIpc) is 3.99. The molecule has 0 amide bonds. The SMILES string of the molecule is Cc1cc2c3c(c1)-n1c4c(cc(C(C)(C)C)cc4c4oc5ccccc5c41)B3c1ccc(N(c3ccc(C(C)(C)C)cc3)c3ccc(C(C)(C)C)cc3)cc1N2c1cccc2sc3ccccc3c12. The molecular formula is C63H56BN3OS. The normalized spacial score (nSPS) is 13.6. The lowest BCUT2D eigenvalue weighted by Crippen LogP contribution is -2.60. The molecule has 2 aliphatic rings. The lowest BCUT2D eigenvalue weighted by Gasteiger charge is -2.41. The zero-order valence-corrected chi connectivity index (χ0v) is 42.1. The van der Waals surface area contributed by atoms with Crippen molar-refractivity contribution < 1.29 is 4.42 Å². The molecule has 0 saturated heterocycles. The molecule has 0 fully saturated rings. The maximum atomic E-state index is 6.94. The zero-order valence-electron chi connectivity index (χ0n) is 41.2. The lowest BCUT2D eigenvalue weighted by atomic mass is 9.33. The number of hydrogen-bond donors (Lipinski definition) is 0. The lowest BCUT2D eigenvalue weighted by molar-refractivity contribution is 0.590. The van der Waals surface area contributed by atoms with Crippen molar-refractivity contribution in [3.05, 3.63) is 180 Å². The van der Waals surface area contributed by atoms with Gasteiger partial charge in [-0.1, -0.05) is 135 Å². The topological polar surface area (TPSA) is 24.6 Å². The number of anilines is 6. The molecule has 3 aromatic heterocycles. The van der Waals surface area contributed by atoms with Gasteiger partial charge in [0.15, 0.2) is 5.58 Å². The van der Waals surface area contributed by atoms with Gasteiger partial charge in [-0.3, -0.25) is 0 Å². The van der Waals surface area contributed by atoms with Gasteiger partial charge in [0.1, 0.15) is 11.1 Å². The number of benzene rings is 8. The summed E-state index contributed by atoms with van der Waals surface area (Å²) in [5.41, 5.74) is 21.5. The Morgan fingerprint density at radius 2 is 1.09 bits per heavy atom. The third kappa shape index (κ3) is 6.27. The van der Waals surface area contributed by atoms with Gasteiger partial charge in [0.25, 0.3) is 6.71 Å². The van der Waals surface area contributed by atoms with E-state index in [9.17, 15) is 0 Å². The Hall–Kier alpha value is -7.02. The Balaban J connectivity index is 1.15. The summed E-state index contributed by atoms with van der Waals surface area (Å²) in [6.45, 7) is 23.0. The van der Waals surface area contributed by atoms with Crippen LogP contribution in [0.1, 0.15) is 84.6 Å². The summed E-state index contributed by atoms with van der Waals surface area (Å²) in [5.74, 6) is 0. The highest BCUT2D eigenvalue weighted by Gasteiger charge is 2.44. The van der Waals surface area contributed by atoms with E-state index >= 15 is 0 Å². The number of fused-ring (bicyclic) bond motifs is 12. The number of rotatable bonds is 4. The maximum Gasteiger partial charge on any atom is 0.252 e. The van der Waals surface area contributed by atoms with Gasteiger partial charge in [-0.25, -0.2) is 0 Å². The van der Waals surface area contributed by atoms with E-state index < -0.39 is 0 Å². The minimum atomic E-state index is -0.101. The maximum absolute atomic E-state index is 6.94. The van der Waals surface area contributed by atoms with Crippen molar-refractivity contribution in [2.45, 2.75) is 85.5 Å². The van der Waals surface area contributed by atoms with E-state index in [2.05, 4.69) is 241 Å². The molecule has 2 aliphatic heterocycles. The molecule has 0 saturated carbocycles. The fourth-order valence-electron chi connectivity index (χ4n) is 11.5. The second-order valence-corrected chi connectivity index (χ2v) is 23.8. The Labute approximate surface area is 409 Å². The summed E-state index contributed by atoms with van der Waals surface area (Å²) in [6.07, 6.45) is 0. The van der Waals surface area contributed by atoms with Gasteiger partial charge in [0, 0.05) is 65.1 Å². The summed E-state index contributed by atoms with van der Waals surface area (Å²) in [4.78, 5) is 5.08. The molecule has 6 heteroatoms. The molecule has 0 spiro atoms. The van der Waals surface area contributed by atoms with Crippen molar-refractivity contribution in [1.82, 2.24) is 4.57 Å². The molecule has 11 aromatic rings. The predicted octanol–water partition coefficient (Wildman–Crippen LogP) is 16.2. The highest BCUT2D eigenvalue weighted by molar-refractivity contribution is 7.26. The molecule has 69 heavy (non-hydrogen) atoms. The molecule has 0 unspecified atom stereocenters. The average molecular weight is 914 g/mol. The fraction of sp³-hybridized carbons (Fsp3) is 0.206. The van der Waals surface area contributed by atoms with E-state index in [1.54, 1.807) is 0 Å². The Kier molecular flexibility index (Phi) is 8.86. The first kappa shape index (κ1) is 42.1. The summed E-state index contributed by atoms with van der Waals surface area (Å²) in [6, 6.07) is 60.0. The Bertz CT molecular complexity index is 3870. The smallest absolute Gasteiger partial charge is 0.252 e. The highest BCUT2D eigenvalue weighted by atomic mass is 32.1. The number of hydrogen-bond acceptors (Lipinski definition) is 4. The third-order valence-electron chi connectivity index (χ3n) is 15.1. The first-order valence-corrected chi connectivity index (χ1v) is 25.4. The molecule has 4 nitrogen and oxygen atoms in total. The molecule has 0 atom stereocenters. The summed E-state index contributed by atoms with van der Waals surface area (Å²) in [7, 11) is 0. The standard InChI is InChI=1S/C63H56BN3OS/c1-37-32-51-57-52(33-37)67-58-46(60-59(67)44-16-11-13-19-53(44)68-60)34-40(63(8,9)10)35-48(58)64(57)47-31-30-43(36-50(47)66(51)49-18-15-21-55-56(49)45-17-12-14-20-54(45)69-55)65(41-26-22-38(23-27-41)61(2,3)4)42-28-24-39(25-29-42)62(5,6)7/h11-36H,1-10H3. The van der Waals surface area contributed by atoms with Gasteiger partial charge in [-0.05, 0) is 147 Å². The van der Waals surface area contributed by atoms with E-state index in [0.29, 0.717) is 0 Å². The number of furan rings is 1. The van der Waals surface area contributed by atoms with Crippen molar-refractivity contribution in [2.75, 3.05) is 9.80 Å². The fourth-order valence-corrected chi connectivity index (χ4v) is 12.7. The van der Waals surface area contributed by atoms with Gasteiger partial charge in [0.2, 0.25) is 0 Å². The van der Waals surface area contributed by atoms with Crippen molar-refractivity contribution >= 4 is 122 Å². The summed E-state index contributed by atoms with van der Waals surface area (Å²) >= 11 is 1.88. The van der Waals surface area contributed by atoms with Crippen molar-refractivity contribution in [3.63, 3.8) is 0 Å². The molecule has 13 rings (SSSR count). The van der Waals surface area contributed by atoms with Crippen LogP contribution in [0.2, 0.25) is 0 Å².